The van der Waals surface area contributed by atoms with Crippen LogP contribution in [0.4, 0.5) is 5.69 Å². The van der Waals surface area contributed by atoms with Gasteiger partial charge in [0.05, 0.1) is 13.2 Å². The highest BCUT2D eigenvalue weighted by Crippen LogP contribution is 2.35. The molecule has 21 heavy (non-hydrogen) atoms. The number of carbonyl (C=O) groups excluding carboxylic acids is 1. The molecular weight excluding hydrogens is 270 g/mol. The summed E-state index contributed by atoms with van der Waals surface area (Å²) in [4.78, 5) is 14.3. The molecule has 5 nitrogen and oxygen atoms in total. The smallest absolute Gasteiger partial charge is 0.258 e. The second kappa shape index (κ2) is 5.26. The van der Waals surface area contributed by atoms with Crippen LogP contribution < -0.4 is 9.64 Å². The van der Waals surface area contributed by atoms with E-state index in [4.69, 9.17) is 4.74 Å². The Kier molecular flexibility index (Phi) is 3.43. The van der Waals surface area contributed by atoms with E-state index in [0.717, 1.165) is 5.57 Å². The number of phenolic OH excluding ortho intramolecular Hbond substituents is 1. The summed E-state index contributed by atoms with van der Waals surface area (Å²) in [7, 11) is 1.47. The van der Waals surface area contributed by atoms with E-state index in [2.05, 4.69) is 0 Å². The Morgan fingerprint density at radius 2 is 2.19 bits per heavy atom. The van der Waals surface area contributed by atoms with Crippen molar-refractivity contribution in [1.29, 1.82) is 0 Å². The number of fused-ring (bicyclic) bond motifs is 1. The van der Waals surface area contributed by atoms with Crippen molar-refractivity contribution in [3.8, 4) is 11.5 Å². The second-order valence-corrected chi connectivity index (χ2v) is 5.18. The maximum Gasteiger partial charge on any atom is 0.258 e. The molecule has 1 fully saturated rings. The summed E-state index contributed by atoms with van der Waals surface area (Å²) in [5, 5.41) is 19.3. The molecule has 110 valence electrons. The number of aliphatic hydroxyl groups excluding tert-OH is 1. The van der Waals surface area contributed by atoms with E-state index in [0.29, 0.717) is 36.4 Å². The van der Waals surface area contributed by atoms with Crippen LogP contribution in [0.1, 0.15) is 12.8 Å². The number of piperidine rings is 1. The molecule has 1 unspecified atom stereocenters. The standard InChI is InChI=1S/C16H17NO4/c1-21-15-9-11(2-5-14(15)19)17-7-6-10-8-12(18)3-4-13(10)16(17)20/h2,4-5,8-9,12,18-19H,3,6-7H2,1H3. The Morgan fingerprint density at radius 1 is 1.38 bits per heavy atom. The van der Waals surface area contributed by atoms with E-state index in [-0.39, 0.29) is 11.7 Å². The third-order valence-corrected chi connectivity index (χ3v) is 3.86. The third kappa shape index (κ3) is 2.40. The molecule has 0 bridgehead atoms. The van der Waals surface area contributed by atoms with Gasteiger partial charge in [-0.15, -0.1) is 0 Å². The number of amides is 1. The second-order valence-electron chi connectivity index (χ2n) is 5.18. The van der Waals surface area contributed by atoms with Gasteiger partial charge in [0.15, 0.2) is 11.5 Å². The molecule has 1 atom stereocenters. The molecule has 1 saturated heterocycles. The Balaban J connectivity index is 1.91. The van der Waals surface area contributed by atoms with Crippen molar-refractivity contribution in [3.05, 3.63) is 41.5 Å². The van der Waals surface area contributed by atoms with Gasteiger partial charge in [-0.1, -0.05) is 12.2 Å². The molecule has 2 N–H and O–H groups in total. The quantitative estimate of drug-likeness (QED) is 0.869. The van der Waals surface area contributed by atoms with E-state index in [1.807, 2.05) is 0 Å². The SMILES string of the molecule is COc1cc(N2CCC3=CC(O)CC=C3C2=O)ccc1O. The number of hydrogen-bond donors (Lipinski definition) is 2. The van der Waals surface area contributed by atoms with Gasteiger partial charge in [0, 0.05) is 23.9 Å². The monoisotopic (exact) mass is 287 g/mol. The summed E-state index contributed by atoms with van der Waals surface area (Å²) in [5.74, 6) is 0.313. The van der Waals surface area contributed by atoms with Crippen LogP contribution in [-0.2, 0) is 4.79 Å². The largest absolute Gasteiger partial charge is 0.504 e. The molecule has 1 aliphatic heterocycles. The molecular formula is C16H17NO4. The molecule has 1 aromatic rings. The van der Waals surface area contributed by atoms with Gasteiger partial charge in [0.25, 0.3) is 5.91 Å². The number of anilines is 1. The minimum Gasteiger partial charge on any atom is -0.504 e. The predicted octanol–water partition coefficient (Wildman–Crippen LogP) is 1.75. The number of hydrogen-bond acceptors (Lipinski definition) is 4. The zero-order valence-corrected chi connectivity index (χ0v) is 11.7. The molecule has 0 radical (unpaired) electrons. The predicted molar refractivity (Wildman–Crippen MR) is 78.4 cm³/mol. The van der Waals surface area contributed by atoms with E-state index in [1.165, 1.54) is 13.2 Å². The maximum absolute atomic E-state index is 12.6. The average Bonchev–Trinajstić information content (AvgIpc) is 2.48. The number of nitrogens with zero attached hydrogens (tertiary/aromatic N) is 1. The lowest BCUT2D eigenvalue weighted by Crippen LogP contribution is -2.39. The van der Waals surface area contributed by atoms with E-state index in [1.54, 1.807) is 29.2 Å². The van der Waals surface area contributed by atoms with Crippen LogP contribution in [0.3, 0.4) is 0 Å². The Bertz CT molecular complexity index is 648. The van der Waals surface area contributed by atoms with Crippen LogP contribution in [0.15, 0.2) is 41.5 Å². The molecule has 0 spiro atoms. The molecule has 1 amide bonds. The number of aromatic hydroxyl groups is 1. The zero-order chi connectivity index (χ0) is 15.0. The lowest BCUT2D eigenvalue weighted by molar-refractivity contribution is -0.115. The topological polar surface area (TPSA) is 70.0 Å². The van der Waals surface area contributed by atoms with Crippen molar-refractivity contribution in [2.45, 2.75) is 18.9 Å². The summed E-state index contributed by atoms with van der Waals surface area (Å²) < 4.78 is 5.09. The molecule has 1 heterocycles. The van der Waals surface area contributed by atoms with Gasteiger partial charge in [-0.25, -0.2) is 0 Å². The fourth-order valence-corrected chi connectivity index (χ4v) is 2.76. The highest BCUT2D eigenvalue weighted by Gasteiger charge is 2.30. The number of benzene rings is 1. The van der Waals surface area contributed by atoms with Crippen LogP contribution in [-0.4, -0.2) is 35.9 Å². The number of rotatable bonds is 2. The van der Waals surface area contributed by atoms with Gasteiger partial charge >= 0.3 is 0 Å². The van der Waals surface area contributed by atoms with Gasteiger partial charge in [-0.05, 0) is 30.5 Å². The van der Waals surface area contributed by atoms with Gasteiger partial charge in [-0.2, -0.15) is 0 Å². The van der Waals surface area contributed by atoms with Crippen molar-refractivity contribution in [3.63, 3.8) is 0 Å². The van der Waals surface area contributed by atoms with Crippen molar-refractivity contribution in [2.75, 3.05) is 18.6 Å². The normalized spacial score (nSPS) is 21.5. The summed E-state index contributed by atoms with van der Waals surface area (Å²) in [6.07, 6.45) is 4.25. The molecule has 1 aromatic carbocycles. The minimum absolute atomic E-state index is 0.0475. The van der Waals surface area contributed by atoms with E-state index >= 15 is 0 Å². The number of ether oxygens (including phenoxy) is 1. The van der Waals surface area contributed by atoms with Crippen LogP contribution in [0.2, 0.25) is 0 Å². The van der Waals surface area contributed by atoms with Crippen molar-refractivity contribution >= 4 is 11.6 Å². The Hall–Kier alpha value is -2.27. The number of aliphatic hydroxyl groups is 1. The highest BCUT2D eigenvalue weighted by atomic mass is 16.5. The number of methoxy groups -OCH3 is 1. The van der Waals surface area contributed by atoms with Crippen LogP contribution in [0, 0.1) is 0 Å². The van der Waals surface area contributed by atoms with Gasteiger partial charge in [-0.3, -0.25) is 4.79 Å². The molecule has 1 aliphatic carbocycles. The number of carbonyl (C=O) groups is 1. The first-order chi connectivity index (χ1) is 10.1. The third-order valence-electron chi connectivity index (χ3n) is 3.86. The molecule has 0 aromatic heterocycles. The lowest BCUT2D eigenvalue weighted by atomic mass is 9.89. The minimum atomic E-state index is -0.489. The Morgan fingerprint density at radius 3 is 2.95 bits per heavy atom. The highest BCUT2D eigenvalue weighted by molar-refractivity contribution is 6.10. The van der Waals surface area contributed by atoms with Crippen LogP contribution in [0.25, 0.3) is 0 Å². The van der Waals surface area contributed by atoms with Crippen molar-refractivity contribution in [2.24, 2.45) is 0 Å². The molecule has 0 saturated carbocycles. The average molecular weight is 287 g/mol. The first kappa shape index (κ1) is 13.7. The van der Waals surface area contributed by atoms with Crippen molar-refractivity contribution < 1.29 is 19.7 Å². The first-order valence-electron chi connectivity index (χ1n) is 6.88. The van der Waals surface area contributed by atoms with Gasteiger partial charge in [0.2, 0.25) is 0 Å². The Labute approximate surface area is 122 Å². The first-order valence-corrected chi connectivity index (χ1v) is 6.88. The van der Waals surface area contributed by atoms with E-state index in [9.17, 15) is 15.0 Å². The fraction of sp³-hybridized carbons (Fsp3) is 0.312. The summed E-state index contributed by atoms with van der Waals surface area (Å²) in [5.41, 5.74) is 2.28. The lowest BCUT2D eigenvalue weighted by Gasteiger charge is -2.32. The molecule has 2 aliphatic rings. The van der Waals surface area contributed by atoms with Gasteiger partial charge in [0.1, 0.15) is 0 Å². The van der Waals surface area contributed by atoms with Gasteiger partial charge < -0.3 is 19.8 Å². The summed E-state index contributed by atoms with van der Waals surface area (Å²) in [6.45, 7) is 0.544. The maximum atomic E-state index is 12.6. The summed E-state index contributed by atoms with van der Waals surface area (Å²) >= 11 is 0. The zero-order valence-electron chi connectivity index (χ0n) is 11.7. The molecule has 5 heteroatoms. The van der Waals surface area contributed by atoms with Crippen molar-refractivity contribution in [1.82, 2.24) is 0 Å². The molecule has 3 rings (SSSR count). The van der Waals surface area contributed by atoms with Crippen LogP contribution in [0.5, 0.6) is 11.5 Å². The van der Waals surface area contributed by atoms with E-state index < -0.39 is 6.10 Å². The van der Waals surface area contributed by atoms with Crippen LogP contribution >= 0.6 is 0 Å². The fourth-order valence-electron chi connectivity index (χ4n) is 2.76. The number of phenols is 1. The summed E-state index contributed by atoms with van der Waals surface area (Å²) in [6, 6.07) is 4.87.